The Balaban J connectivity index is 2.82. The van der Waals surface area contributed by atoms with E-state index in [1.54, 1.807) is 6.92 Å². The quantitative estimate of drug-likeness (QED) is 0.484. The highest BCUT2D eigenvalue weighted by Crippen LogP contribution is 2.21. The zero-order valence-corrected chi connectivity index (χ0v) is 10.6. The average molecular weight is 263 g/mol. The summed E-state index contributed by atoms with van der Waals surface area (Å²) in [5.74, 6) is -0.280. The molecule has 0 spiro atoms. The molecule has 0 aromatic rings. The van der Waals surface area contributed by atoms with Gasteiger partial charge in [-0.1, -0.05) is 0 Å². The first-order valence-electron chi connectivity index (χ1n) is 6.00. The molecule has 1 rings (SSSR count). The van der Waals surface area contributed by atoms with Crippen LogP contribution in [0.4, 0.5) is 0 Å². The van der Waals surface area contributed by atoms with Crippen LogP contribution in [0.2, 0.25) is 0 Å². The molecule has 106 valence electrons. The monoisotopic (exact) mass is 263 g/mol. The van der Waals surface area contributed by atoms with Crippen molar-refractivity contribution in [1.29, 1.82) is 0 Å². The van der Waals surface area contributed by atoms with Crippen LogP contribution in [0.15, 0.2) is 0 Å². The number of aliphatic hydroxyl groups is 3. The fourth-order valence-electron chi connectivity index (χ4n) is 1.96. The maximum Gasteiger partial charge on any atom is 0.217 e. The van der Waals surface area contributed by atoms with E-state index in [0.717, 1.165) is 0 Å². The zero-order valence-electron chi connectivity index (χ0n) is 10.6. The first-order chi connectivity index (χ1) is 8.49. The van der Waals surface area contributed by atoms with Gasteiger partial charge in [-0.2, -0.15) is 0 Å². The molecule has 1 amide bonds. The highest BCUT2D eigenvalue weighted by atomic mass is 16.7. The van der Waals surface area contributed by atoms with E-state index in [-0.39, 0.29) is 12.3 Å². The maximum atomic E-state index is 11.1. The van der Waals surface area contributed by atoms with Gasteiger partial charge in [0.05, 0.1) is 18.8 Å². The van der Waals surface area contributed by atoms with Gasteiger partial charge in [-0.3, -0.25) is 4.79 Å². The number of nitrogens with one attached hydrogen (secondary N) is 1. The molecule has 1 saturated heterocycles. The molecule has 0 saturated carbocycles. The summed E-state index contributed by atoms with van der Waals surface area (Å²) in [5.41, 5.74) is 0. The lowest BCUT2D eigenvalue weighted by molar-refractivity contribution is -0.202. The van der Waals surface area contributed by atoms with Crippen LogP contribution in [-0.4, -0.2) is 65.1 Å². The van der Waals surface area contributed by atoms with Gasteiger partial charge in [0.2, 0.25) is 5.91 Å². The van der Waals surface area contributed by atoms with E-state index in [0.29, 0.717) is 6.61 Å². The molecule has 0 aliphatic carbocycles. The lowest BCUT2D eigenvalue weighted by atomic mass is 10.0. The highest BCUT2D eigenvalue weighted by molar-refractivity contribution is 5.73. The molecule has 0 aromatic heterocycles. The minimum atomic E-state index is -1.21. The lowest BCUT2D eigenvalue weighted by Gasteiger charge is -2.27. The van der Waals surface area contributed by atoms with E-state index in [2.05, 4.69) is 5.32 Å². The van der Waals surface area contributed by atoms with Crippen LogP contribution in [0.5, 0.6) is 0 Å². The Bertz CT molecular complexity index is 274. The van der Waals surface area contributed by atoms with Crippen molar-refractivity contribution >= 4 is 5.91 Å². The topological polar surface area (TPSA) is 108 Å². The van der Waals surface area contributed by atoms with Gasteiger partial charge in [0.1, 0.15) is 12.2 Å². The minimum Gasteiger partial charge on any atom is -0.394 e. The van der Waals surface area contributed by atoms with E-state index in [1.807, 2.05) is 0 Å². The first-order valence-corrected chi connectivity index (χ1v) is 6.00. The third-order valence-electron chi connectivity index (χ3n) is 2.81. The minimum absolute atomic E-state index is 0.0991. The van der Waals surface area contributed by atoms with Crippen molar-refractivity contribution in [2.45, 2.75) is 50.9 Å². The van der Waals surface area contributed by atoms with Crippen LogP contribution >= 0.6 is 0 Å². The van der Waals surface area contributed by atoms with Crippen molar-refractivity contribution in [3.8, 4) is 0 Å². The molecule has 0 radical (unpaired) electrons. The Morgan fingerprint density at radius 2 is 2.17 bits per heavy atom. The molecule has 7 nitrogen and oxygen atoms in total. The van der Waals surface area contributed by atoms with Crippen LogP contribution < -0.4 is 5.32 Å². The molecule has 0 bridgehead atoms. The Hall–Kier alpha value is -0.730. The number of rotatable bonds is 4. The van der Waals surface area contributed by atoms with Crippen LogP contribution in [0.3, 0.4) is 0 Å². The third kappa shape index (κ3) is 3.89. The molecule has 4 N–H and O–H groups in total. The van der Waals surface area contributed by atoms with Crippen molar-refractivity contribution in [3.05, 3.63) is 0 Å². The molecule has 3 unspecified atom stereocenters. The number of hydrogen-bond donors (Lipinski definition) is 4. The highest BCUT2D eigenvalue weighted by Gasteiger charge is 2.39. The van der Waals surface area contributed by atoms with Crippen molar-refractivity contribution < 1.29 is 29.6 Å². The van der Waals surface area contributed by atoms with Crippen molar-refractivity contribution in [3.63, 3.8) is 0 Å². The van der Waals surface area contributed by atoms with Gasteiger partial charge in [0.15, 0.2) is 6.29 Å². The molecule has 1 aliphatic heterocycles. The number of ether oxygens (including phenoxy) is 2. The molecule has 1 heterocycles. The lowest BCUT2D eigenvalue weighted by Crippen LogP contribution is -2.46. The zero-order chi connectivity index (χ0) is 13.7. The van der Waals surface area contributed by atoms with Crippen molar-refractivity contribution in [2.75, 3.05) is 13.2 Å². The van der Waals surface area contributed by atoms with Gasteiger partial charge in [-0.15, -0.1) is 0 Å². The number of carbonyl (C=O) groups is 1. The summed E-state index contributed by atoms with van der Waals surface area (Å²) in [6, 6.07) is -0.566. The van der Waals surface area contributed by atoms with Crippen molar-refractivity contribution in [2.24, 2.45) is 0 Å². The van der Waals surface area contributed by atoms with Crippen LogP contribution in [0.25, 0.3) is 0 Å². The van der Waals surface area contributed by atoms with Crippen LogP contribution in [-0.2, 0) is 14.3 Å². The Kier molecular flexibility index (Phi) is 5.97. The Morgan fingerprint density at radius 3 is 2.67 bits per heavy atom. The molecular weight excluding hydrogens is 242 g/mol. The molecule has 1 fully saturated rings. The van der Waals surface area contributed by atoms with E-state index in [9.17, 15) is 15.0 Å². The second-order valence-corrected chi connectivity index (χ2v) is 4.28. The van der Waals surface area contributed by atoms with Gasteiger partial charge in [0, 0.05) is 20.0 Å². The predicted octanol–water partition coefficient (Wildman–Crippen LogP) is -1.64. The molecule has 0 aromatic carbocycles. The average Bonchev–Trinajstić information content (AvgIpc) is 2.41. The second kappa shape index (κ2) is 7.01. The van der Waals surface area contributed by atoms with Crippen molar-refractivity contribution in [1.82, 2.24) is 5.32 Å². The van der Waals surface area contributed by atoms with Gasteiger partial charge >= 0.3 is 0 Å². The molecular formula is C11H21NO6. The maximum absolute atomic E-state index is 11.1. The van der Waals surface area contributed by atoms with Crippen LogP contribution in [0.1, 0.15) is 20.3 Å². The summed E-state index contributed by atoms with van der Waals surface area (Å²) < 4.78 is 10.7. The van der Waals surface area contributed by atoms with Gasteiger partial charge in [-0.05, 0) is 6.92 Å². The summed E-state index contributed by atoms with van der Waals surface area (Å²) in [7, 11) is 0. The largest absolute Gasteiger partial charge is 0.394 e. The number of amides is 1. The van der Waals surface area contributed by atoms with Gasteiger partial charge < -0.3 is 30.1 Å². The number of carbonyl (C=O) groups excluding carboxylic acids is 1. The van der Waals surface area contributed by atoms with E-state index in [1.165, 1.54) is 6.92 Å². The molecule has 1 aliphatic rings. The Morgan fingerprint density at radius 1 is 1.50 bits per heavy atom. The van der Waals surface area contributed by atoms with E-state index < -0.39 is 37.3 Å². The number of aliphatic hydroxyl groups excluding tert-OH is 3. The molecule has 7 heteroatoms. The van der Waals surface area contributed by atoms with E-state index in [4.69, 9.17) is 14.6 Å². The smallest absolute Gasteiger partial charge is 0.217 e. The summed E-state index contributed by atoms with van der Waals surface area (Å²) in [5, 5.41) is 31.3. The fraction of sp³-hybridized carbons (Fsp3) is 0.909. The molecule has 18 heavy (non-hydrogen) atoms. The predicted molar refractivity (Wildman–Crippen MR) is 61.6 cm³/mol. The van der Waals surface area contributed by atoms with E-state index >= 15 is 0 Å². The fourth-order valence-corrected chi connectivity index (χ4v) is 1.96. The first kappa shape index (κ1) is 15.3. The third-order valence-corrected chi connectivity index (χ3v) is 2.81. The second-order valence-electron chi connectivity index (χ2n) is 4.28. The van der Waals surface area contributed by atoms with Gasteiger partial charge in [0.25, 0.3) is 0 Å². The van der Waals surface area contributed by atoms with Gasteiger partial charge in [-0.25, -0.2) is 0 Å². The summed E-state index contributed by atoms with van der Waals surface area (Å²) >= 11 is 0. The van der Waals surface area contributed by atoms with Crippen LogP contribution in [0, 0.1) is 0 Å². The summed E-state index contributed by atoms with van der Waals surface area (Å²) in [6.07, 6.45) is -3.94. The summed E-state index contributed by atoms with van der Waals surface area (Å²) in [4.78, 5) is 11.1. The normalized spacial score (nSPS) is 37.1. The summed E-state index contributed by atoms with van der Waals surface area (Å²) in [6.45, 7) is 3.03. The Labute approximate surface area is 106 Å². The SMILES string of the molecule is CCO[C@@H]1OC(CO)[C@H](O)C(O)CC1NC(C)=O. The number of hydrogen-bond acceptors (Lipinski definition) is 6. The standard InChI is InChI=1S/C11H21NO6/c1-3-17-11-7(12-6(2)14)4-8(15)10(16)9(5-13)18-11/h7-11,13,15-16H,3-5H2,1-2H3,(H,12,14)/t7?,8?,9?,10-,11-/m1/s1. The molecule has 5 atom stereocenters.